The molecule has 0 radical (unpaired) electrons. The maximum atomic E-state index is 11.7. The Labute approximate surface area is 82.2 Å². The largest absolute Gasteiger partial charge is 0.294 e. The number of rotatable bonds is 4. The number of hydrogen-bond acceptors (Lipinski definition) is 1. The standard InChI is InChI=1S/C12H22O/c1-7-11(8(2)3)10(6)12(13)9(4)5/h8-9H,7H2,1-6H3. The van der Waals surface area contributed by atoms with Crippen molar-refractivity contribution in [1.29, 1.82) is 0 Å². The van der Waals surface area contributed by atoms with E-state index in [-0.39, 0.29) is 5.92 Å². The number of allylic oxidation sites excluding steroid dienone is 2. The third-order valence-electron chi connectivity index (χ3n) is 2.45. The fourth-order valence-corrected chi connectivity index (χ4v) is 1.70. The lowest BCUT2D eigenvalue weighted by atomic mass is 9.90. The molecule has 0 fully saturated rings. The van der Waals surface area contributed by atoms with Crippen LogP contribution in [0.4, 0.5) is 0 Å². The Balaban J connectivity index is 4.85. The molecule has 0 bridgehead atoms. The minimum Gasteiger partial charge on any atom is -0.294 e. The van der Waals surface area contributed by atoms with Crippen molar-refractivity contribution >= 4 is 5.78 Å². The van der Waals surface area contributed by atoms with Crippen LogP contribution in [0, 0.1) is 11.8 Å². The van der Waals surface area contributed by atoms with Gasteiger partial charge in [-0.15, -0.1) is 0 Å². The molecule has 0 N–H and O–H groups in total. The van der Waals surface area contributed by atoms with Crippen molar-refractivity contribution in [3.8, 4) is 0 Å². The van der Waals surface area contributed by atoms with Gasteiger partial charge in [-0.25, -0.2) is 0 Å². The molecule has 0 amide bonds. The molecular formula is C12H22O. The highest BCUT2D eigenvalue weighted by molar-refractivity contribution is 5.96. The highest BCUT2D eigenvalue weighted by Gasteiger charge is 2.14. The van der Waals surface area contributed by atoms with Crippen molar-refractivity contribution in [3.63, 3.8) is 0 Å². The van der Waals surface area contributed by atoms with Gasteiger partial charge < -0.3 is 0 Å². The van der Waals surface area contributed by atoms with Gasteiger partial charge in [-0.3, -0.25) is 4.79 Å². The number of carbonyl (C=O) groups is 1. The van der Waals surface area contributed by atoms with Crippen molar-refractivity contribution in [2.75, 3.05) is 0 Å². The molecular weight excluding hydrogens is 160 g/mol. The molecule has 0 saturated heterocycles. The fourth-order valence-electron chi connectivity index (χ4n) is 1.70. The average Bonchev–Trinajstić information content (AvgIpc) is 2.03. The molecule has 0 unspecified atom stereocenters. The Bertz CT molecular complexity index is 209. The van der Waals surface area contributed by atoms with Crippen LogP contribution >= 0.6 is 0 Å². The SMILES string of the molecule is CCC(=C(C)C(=O)C(C)C)C(C)C. The third-order valence-corrected chi connectivity index (χ3v) is 2.45. The first-order valence-corrected chi connectivity index (χ1v) is 5.15. The van der Waals surface area contributed by atoms with E-state index in [0.29, 0.717) is 11.7 Å². The van der Waals surface area contributed by atoms with Gasteiger partial charge >= 0.3 is 0 Å². The summed E-state index contributed by atoms with van der Waals surface area (Å²) in [4.78, 5) is 11.7. The summed E-state index contributed by atoms with van der Waals surface area (Å²) >= 11 is 0. The molecule has 0 rings (SSSR count). The monoisotopic (exact) mass is 182 g/mol. The van der Waals surface area contributed by atoms with E-state index in [9.17, 15) is 4.79 Å². The Morgan fingerprint density at radius 1 is 1.08 bits per heavy atom. The second-order valence-electron chi connectivity index (χ2n) is 4.18. The number of hydrogen-bond donors (Lipinski definition) is 0. The van der Waals surface area contributed by atoms with Crippen molar-refractivity contribution in [2.24, 2.45) is 11.8 Å². The third kappa shape index (κ3) is 3.33. The highest BCUT2D eigenvalue weighted by atomic mass is 16.1. The predicted molar refractivity (Wildman–Crippen MR) is 57.7 cm³/mol. The van der Waals surface area contributed by atoms with Gasteiger partial charge in [0, 0.05) is 5.92 Å². The molecule has 0 aromatic carbocycles. The van der Waals surface area contributed by atoms with Gasteiger partial charge in [0.25, 0.3) is 0 Å². The molecule has 0 aliphatic heterocycles. The Hall–Kier alpha value is -0.590. The van der Waals surface area contributed by atoms with E-state index in [1.165, 1.54) is 5.57 Å². The van der Waals surface area contributed by atoms with Gasteiger partial charge in [0.05, 0.1) is 0 Å². The number of Topliss-reactive ketones (excluding diaryl/α,β-unsaturated/α-hetero) is 1. The van der Waals surface area contributed by atoms with Crippen LogP contribution in [0.1, 0.15) is 48.0 Å². The quantitative estimate of drug-likeness (QED) is 0.607. The first-order valence-electron chi connectivity index (χ1n) is 5.15. The topological polar surface area (TPSA) is 17.1 Å². The number of ketones is 1. The van der Waals surface area contributed by atoms with Crippen LogP contribution < -0.4 is 0 Å². The fraction of sp³-hybridized carbons (Fsp3) is 0.750. The summed E-state index contributed by atoms with van der Waals surface area (Å²) in [6.45, 7) is 12.3. The summed E-state index contributed by atoms with van der Waals surface area (Å²) in [6.07, 6.45) is 0.988. The van der Waals surface area contributed by atoms with Gasteiger partial charge in [0.1, 0.15) is 0 Å². The summed E-state index contributed by atoms with van der Waals surface area (Å²) in [6, 6.07) is 0. The second-order valence-corrected chi connectivity index (χ2v) is 4.18. The van der Waals surface area contributed by atoms with E-state index in [1.54, 1.807) is 0 Å². The van der Waals surface area contributed by atoms with Crippen LogP contribution in [0.3, 0.4) is 0 Å². The van der Waals surface area contributed by atoms with Crippen LogP contribution in [0.15, 0.2) is 11.1 Å². The Morgan fingerprint density at radius 2 is 1.54 bits per heavy atom. The van der Waals surface area contributed by atoms with E-state index in [0.717, 1.165) is 12.0 Å². The summed E-state index contributed by atoms with van der Waals surface area (Å²) in [7, 11) is 0. The molecule has 0 saturated carbocycles. The summed E-state index contributed by atoms with van der Waals surface area (Å²) in [5, 5.41) is 0. The van der Waals surface area contributed by atoms with Crippen LogP contribution in [0.25, 0.3) is 0 Å². The zero-order valence-electron chi connectivity index (χ0n) is 9.77. The molecule has 0 aliphatic carbocycles. The van der Waals surface area contributed by atoms with Crippen molar-refractivity contribution in [3.05, 3.63) is 11.1 Å². The van der Waals surface area contributed by atoms with Gasteiger partial charge in [-0.1, -0.05) is 40.2 Å². The molecule has 0 atom stereocenters. The first kappa shape index (κ1) is 12.4. The zero-order valence-corrected chi connectivity index (χ0v) is 9.77. The van der Waals surface area contributed by atoms with Crippen LogP contribution in [0.2, 0.25) is 0 Å². The minimum absolute atomic E-state index is 0.125. The van der Waals surface area contributed by atoms with E-state index in [4.69, 9.17) is 0 Å². The molecule has 0 aliphatic rings. The summed E-state index contributed by atoms with van der Waals surface area (Å²) < 4.78 is 0. The average molecular weight is 182 g/mol. The molecule has 76 valence electrons. The zero-order chi connectivity index (χ0) is 10.6. The molecule has 0 spiro atoms. The molecule has 1 nitrogen and oxygen atoms in total. The lowest BCUT2D eigenvalue weighted by molar-refractivity contribution is -0.118. The summed E-state index contributed by atoms with van der Waals surface area (Å²) in [5.41, 5.74) is 2.28. The van der Waals surface area contributed by atoms with Crippen LogP contribution in [-0.2, 0) is 4.79 Å². The second kappa shape index (κ2) is 5.21. The van der Waals surface area contributed by atoms with Crippen molar-refractivity contribution < 1.29 is 4.79 Å². The molecule has 0 aromatic heterocycles. The van der Waals surface area contributed by atoms with Gasteiger partial charge in [0.15, 0.2) is 5.78 Å². The normalized spacial score (nSPS) is 13.5. The van der Waals surface area contributed by atoms with Crippen LogP contribution in [0.5, 0.6) is 0 Å². The molecule has 1 heteroatoms. The van der Waals surface area contributed by atoms with Crippen molar-refractivity contribution in [1.82, 2.24) is 0 Å². The summed E-state index contributed by atoms with van der Waals surface area (Å²) in [5.74, 6) is 0.915. The highest BCUT2D eigenvalue weighted by Crippen LogP contribution is 2.20. The molecule has 13 heavy (non-hydrogen) atoms. The maximum absolute atomic E-state index is 11.7. The number of carbonyl (C=O) groups excluding carboxylic acids is 1. The maximum Gasteiger partial charge on any atom is 0.161 e. The van der Waals surface area contributed by atoms with E-state index >= 15 is 0 Å². The van der Waals surface area contributed by atoms with Crippen LogP contribution in [-0.4, -0.2) is 5.78 Å². The predicted octanol–water partition coefficient (Wildman–Crippen LogP) is 3.59. The van der Waals surface area contributed by atoms with Gasteiger partial charge in [-0.2, -0.15) is 0 Å². The van der Waals surface area contributed by atoms with E-state index in [1.807, 2.05) is 20.8 Å². The molecule has 0 heterocycles. The Kier molecular flexibility index (Phi) is 4.97. The minimum atomic E-state index is 0.125. The first-order chi connectivity index (χ1) is 5.91. The van der Waals surface area contributed by atoms with Gasteiger partial charge in [0.2, 0.25) is 0 Å². The van der Waals surface area contributed by atoms with Crippen molar-refractivity contribution in [2.45, 2.75) is 48.0 Å². The van der Waals surface area contributed by atoms with E-state index in [2.05, 4.69) is 20.8 Å². The lowest BCUT2D eigenvalue weighted by Gasteiger charge is -2.14. The van der Waals surface area contributed by atoms with Gasteiger partial charge in [-0.05, 0) is 24.8 Å². The Morgan fingerprint density at radius 3 is 1.77 bits per heavy atom. The van der Waals surface area contributed by atoms with E-state index < -0.39 is 0 Å². The lowest BCUT2D eigenvalue weighted by Crippen LogP contribution is -2.12. The smallest absolute Gasteiger partial charge is 0.161 e. The molecule has 0 aromatic rings.